The van der Waals surface area contributed by atoms with Crippen LogP contribution < -0.4 is 5.30 Å². The van der Waals surface area contributed by atoms with E-state index in [2.05, 4.69) is 0 Å². The van der Waals surface area contributed by atoms with Gasteiger partial charge in [-0.2, -0.15) is 0 Å². The van der Waals surface area contributed by atoms with Gasteiger partial charge in [0.1, 0.15) is 0 Å². The fraction of sp³-hybridized carbons (Fsp3) is 0.100. The molecule has 0 unspecified atom stereocenters. The molecule has 0 heterocycles. The van der Waals surface area contributed by atoms with E-state index in [0.29, 0.717) is 11.1 Å². The van der Waals surface area contributed by atoms with Crippen LogP contribution in [0, 0.1) is 13.8 Å². The van der Waals surface area contributed by atoms with Gasteiger partial charge >= 0.3 is 7.60 Å². The quantitative estimate of drug-likeness (QED) is 0.694. The molecule has 0 amide bonds. The van der Waals surface area contributed by atoms with Crippen molar-refractivity contribution in [1.29, 1.82) is 0 Å². The Morgan fingerprint density at radius 2 is 1.33 bits per heavy atom. The minimum absolute atomic E-state index is 0.109. The maximum absolute atomic E-state index is 12.2. The number of aryl methyl sites for hydroxylation is 2. The monoisotopic (exact) mass is 338 g/mol. The van der Waals surface area contributed by atoms with Crippen molar-refractivity contribution in [2.45, 2.75) is 13.8 Å². The van der Waals surface area contributed by atoms with Crippen molar-refractivity contribution >= 4 is 12.9 Å². The van der Waals surface area contributed by atoms with E-state index in [9.17, 15) is 14.4 Å². The largest absolute Gasteiger partial charge is 0.357 e. The van der Waals surface area contributed by atoms with Crippen molar-refractivity contribution in [2.24, 2.45) is 0 Å². The second kappa shape index (κ2) is 6.37. The normalized spacial score (nSPS) is 11.5. The molecule has 0 saturated carbocycles. The van der Waals surface area contributed by atoms with E-state index in [0.717, 1.165) is 22.3 Å². The zero-order valence-electron chi connectivity index (χ0n) is 13.6. The molecule has 0 aliphatic heterocycles. The molecule has 4 heteroatoms. The summed E-state index contributed by atoms with van der Waals surface area (Å²) in [6.45, 7) is 3.70. The first-order valence-electron chi connectivity index (χ1n) is 7.70. The third-order valence-corrected chi connectivity index (χ3v) is 5.33. The predicted octanol–water partition coefficient (Wildman–Crippen LogP) is 4.44. The molecule has 0 saturated heterocycles. The summed E-state index contributed by atoms with van der Waals surface area (Å²) < 4.78 is 12.2. The van der Waals surface area contributed by atoms with Gasteiger partial charge in [-0.15, -0.1) is 0 Å². The molecule has 122 valence electrons. The highest BCUT2D eigenvalue weighted by atomic mass is 31.2. The van der Waals surface area contributed by atoms with Crippen molar-refractivity contribution < 1.29 is 14.4 Å². The fourth-order valence-corrected chi connectivity index (χ4v) is 4.12. The Morgan fingerprint density at radius 1 is 0.708 bits per heavy atom. The van der Waals surface area contributed by atoms with E-state index in [4.69, 9.17) is 0 Å². The summed E-state index contributed by atoms with van der Waals surface area (Å²) in [5, 5.41) is 0.109. The van der Waals surface area contributed by atoms with Gasteiger partial charge in [0.15, 0.2) is 0 Å². The molecule has 0 atom stereocenters. The van der Waals surface area contributed by atoms with Crippen LogP contribution in [-0.4, -0.2) is 9.79 Å². The van der Waals surface area contributed by atoms with Crippen LogP contribution in [0.2, 0.25) is 0 Å². The molecule has 0 aliphatic rings. The SMILES string of the molecule is Cc1ccccc1-c1c(-c2ccccc2)ccc(C)c1P(=O)(O)O. The molecule has 3 nitrogen and oxygen atoms in total. The molecular weight excluding hydrogens is 319 g/mol. The van der Waals surface area contributed by atoms with Crippen LogP contribution in [-0.2, 0) is 4.57 Å². The zero-order valence-corrected chi connectivity index (χ0v) is 14.5. The minimum Gasteiger partial charge on any atom is -0.321 e. The lowest BCUT2D eigenvalue weighted by atomic mass is 9.91. The lowest BCUT2D eigenvalue weighted by Gasteiger charge is -2.20. The Kier molecular flexibility index (Phi) is 4.42. The summed E-state index contributed by atoms with van der Waals surface area (Å²) >= 11 is 0. The van der Waals surface area contributed by atoms with Gasteiger partial charge in [-0.3, -0.25) is 4.57 Å². The maximum Gasteiger partial charge on any atom is 0.357 e. The first-order valence-corrected chi connectivity index (χ1v) is 9.32. The highest BCUT2D eigenvalue weighted by Gasteiger charge is 2.27. The van der Waals surface area contributed by atoms with E-state index in [-0.39, 0.29) is 5.30 Å². The molecule has 3 aromatic carbocycles. The number of benzene rings is 3. The molecule has 0 aromatic heterocycles. The Hall–Kier alpha value is -2.19. The highest BCUT2D eigenvalue weighted by molar-refractivity contribution is 7.60. The minimum atomic E-state index is -4.43. The van der Waals surface area contributed by atoms with Gasteiger partial charge in [-0.25, -0.2) is 0 Å². The van der Waals surface area contributed by atoms with Crippen molar-refractivity contribution in [1.82, 2.24) is 0 Å². The molecule has 0 bridgehead atoms. The van der Waals surface area contributed by atoms with Crippen LogP contribution in [0.5, 0.6) is 0 Å². The average molecular weight is 338 g/mol. The molecule has 24 heavy (non-hydrogen) atoms. The van der Waals surface area contributed by atoms with Crippen LogP contribution in [0.4, 0.5) is 0 Å². The first-order chi connectivity index (χ1) is 11.4. The van der Waals surface area contributed by atoms with Gasteiger partial charge in [0.25, 0.3) is 0 Å². The van der Waals surface area contributed by atoms with Gasteiger partial charge in [-0.05, 0) is 41.7 Å². The molecule has 0 fully saturated rings. The standard InChI is InChI=1S/C20H19O3P/c1-14-8-6-7-11-17(14)19-18(16-9-4-3-5-10-16)13-12-15(2)20(19)24(21,22)23/h3-13H,1-2H3,(H2,21,22,23). The topological polar surface area (TPSA) is 57.5 Å². The highest BCUT2D eigenvalue weighted by Crippen LogP contribution is 2.44. The number of rotatable bonds is 3. The lowest BCUT2D eigenvalue weighted by molar-refractivity contribution is 0.387. The third-order valence-electron chi connectivity index (χ3n) is 4.17. The van der Waals surface area contributed by atoms with Crippen molar-refractivity contribution in [2.75, 3.05) is 0 Å². The van der Waals surface area contributed by atoms with Crippen molar-refractivity contribution in [3.8, 4) is 22.3 Å². The number of hydrogen-bond acceptors (Lipinski definition) is 1. The molecule has 3 rings (SSSR count). The van der Waals surface area contributed by atoms with Crippen LogP contribution >= 0.6 is 7.60 Å². The van der Waals surface area contributed by atoms with E-state index >= 15 is 0 Å². The van der Waals surface area contributed by atoms with E-state index in [1.165, 1.54) is 0 Å². The fourth-order valence-electron chi connectivity index (χ4n) is 3.06. The van der Waals surface area contributed by atoms with E-state index in [1.807, 2.05) is 67.6 Å². The second-order valence-corrected chi connectivity index (χ2v) is 7.41. The molecule has 0 radical (unpaired) electrons. The summed E-state index contributed by atoms with van der Waals surface area (Å²) in [7, 11) is -4.43. The zero-order chi connectivity index (χ0) is 17.3. The van der Waals surface area contributed by atoms with Crippen molar-refractivity contribution in [3.63, 3.8) is 0 Å². The van der Waals surface area contributed by atoms with Crippen LogP contribution in [0.3, 0.4) is 0 Å². The van der Waals surface area contributed by atoms with Gasteiger partial charge in [-0.1, -0.05) is 66.7 Å². The molecule has 2 N–H and O–H groups in total. The second-order valence-electron chi connectivity index (χ2n) is 5.88. The molecule has 0 aliphatic carbocycles. The van der Waals surface area contributed by atoms with Crippen molar-refractivity contribution in [3.05, 3.63) is 77.9 Å². The van der Waals surface area contributed by atoms with Gasteiger partial charge in [0, 0.05) is 5.56 Å². The lowest BCUT2D eigenvalue weighted by Crippen LogP contribution is -2.14. The Balaban J connectivity index is 2.45. The average Bonchev–Trinajstić information content (AvgIpc) is 2.54. The summed E-state index contributed by atoms with van der Waals surface area (Å²) in [5.74, 6) is 0. The predicted molar refractivity (Wildman–Crippen MR) is 98.5 cm³/mol. The Labute approximate surface area is 141 Å². The van der Waals surface area contributed by atoms with Crippen LogP contribution in [0.15, 0.2) is 66.7 Å². The van der Waals surface area contributed by atoms with E-state index < -0.39 is 7.60 Å². The smallest absolute Gasteiger partial charge is 0.321 e. The Morgan fingerprint density at radius 3 is 1.96 bits per heavy atom. The number of hydrogen-bond donors (Lipinski definition) is 2. The van der Waals surface area contributed by atoms with Gasteiger partial charge < -0.3 is 9.79 Å². The summed E-state index contributed by atoms with van der Waals surface area (Å²) in [6, 6.07) is 21.1. The third kappa shape index (κ3) is 3.07. The Bertz CT molecular complexity index is 927. The molecule has 3 aromatic rings. The van der Waals surface area contributed by atoms with Gasteiger partial charge in [0.05, 0.1) is 5.30 Å². The molecular formula is C20H19O3P. The summed E-state index contributed by atoms with van der Waals surface area (Å²) in [5.41, 5.74) is 4.81. The van der Waals surface area contributed by atoms with Crippen LogP contribution in [0.1, 0.15) is 11.1 Å². The maximum atomic E-state index is 12.2. The summed E-state index contributed by atoms with van der Waals surface area (Å²) in [4.78, 5) is 20.0. The van der Waals surface area contributed by atoms with Crippen LogP contribution in [0.25, 0.3) is 22.3 Å². The summed E-state index contributed by atoms with van der Waals surface area (Å²) in [6.07, 6.45) is 0. The molecule has 0 spiro atoms. The van der Waals surface area contributed by atoms with E-state index in [1.54, 1.807) is 13.0 Å². The van der Waals surface area contributed by atoms with Gasteiger partial charge in [0.2, 0.25) is 0 Å². The first kappa shape index (κ1) is 16.7.